The summed E-state index contributed by atoms with van der Waals surface area (Å²) in [6.07, 6.45) is 1.71. The third-order valence-corrected chi connectivity index (χ3v) is 2.53. The van der Waals surface area contributed by atoms with E-state index in [0.29, 0.717) is 16.8 Å². The number of nitrogens with zero attached hydrogens (tertiary/aromatic N) is 3. The molecule has 0 fully saturated rings. The molecule has 0 unspecified atom stereocenters. The molecule has 4 nitrogen and oxygen atoms in total. The highest BCUT2D eigenvalue weighted by Crippen LogP contribution is 2.25. The molecular formula is C11H13ClN4. The molecule has 84 valence electrons. The number of aromatic nitrogens is 3. The highest BCUT2D eigenvalue weighted by molar-refractivity contribution is 6.31. The molecular weight excluding hydrogens is 224 g/mol. The maximum Gasteiger partial charge on any atom is 0.164 e. The molecule has 0 saturated carbocycles. The molecule has 0 aliphatic heterocycles. The number of halogens is 1. The third kappa shape index (κ3) is 2.02. The summed E-state index contributed by atoms with van der Waals surface area (Å²) in [5.41, 5.74) is 7.26. The van der Waals surface area contributed by atoms with Crippen molar-refractivity contribution < 1.29 is 0 Å². The van der Waals surface area contributed by atoms with Gasteiger partial charge in [-0.1, -0.05) is 11.6 Å². The van der Waals surface area contributed by atoms with Crippen molar-refractivity contribution >= 4 is 17.3 Å². The predicted molar refractivity (Wildman–Crippen MR) is 65.3 cm³/mol. The van der Waals surface area contributed by atoms with E-state index in [1.165, 1.54) is 0 Å². The Labute approximate surface area is 99.1 Å². The first kappa shape index (κ1) is 11.0. The lowest BCUT2D eigenvalue weighted by molar-refractivity contribution is 0.604. The van der Waals surface area contributed by atoms with Crippen molar-refractivity contribution in [2.45, 2.75) is 19.9 Å². The average Bonchev–Trinajstić information content (AvgIpc) is 2.63. The highest BCUT2D eigenvalue weighted by atomic mass is 35.5. The van der Waals surface area contributed by atoms with Crippen LogP contribution >= 0.6 is 11.6 Å². The molecule has 0 aliphatic rings. The van der Waals surface area contributed by atoms with Crippen LogP contribution in [0.3, 0.4) is 0 Å². The summed E-state index contributed by atoms with van der Waals surface area (Å²) >= 11 is 5.96. The number of rotatable bonds is 2. The van der Waals surface area contributed by atoms with Crippen LogP contribution in [0.5, 0.6) is 0 Å². The van der Waals surface area contributed by atoms with Gasteiger partial charge in [0, 0.05) is 22.3 Å². The van der Waals surface area contributed by atoms with Crippen LogP contribution in [0.15, 0.2) is 24.5 Å². The van der Waals surface area contributed by atoms with Crippen molar-refractivity contribution in [3.63, 3.8) is 0 Å². The van der Waals surface area contributed by atoms with Crippen molar-refractivity contribution in [1.82, 2.24) is 14.8 Å². The fourth-order valence-electron chi connectivity index (χ4n) is 1.57. The first-order valence-electron chi connectivity index (χ1n) is 5.04. The molecule has 5 heteroatoms. The van der Waals surface area contributed by atoms with Crippen LogP contribution in [0.4, 0.5) is 5.69 Å². The molecule has 0 radical (unpaired) electrons. The van der Waals surface area contributed by atoms with Gasteiger partial charge in [0.05, 0.1) is 0 Å². The minimum Gasteiger partial charge on any atom is -0.399 e. The third-order valence-electron chi connectivity index (χ3n) is 2.31. The Bertz CT molecular complexity index is 484. The van der Waals surface area contributed by atoms with Crippen LogP contribution in [0, 0.1) is 0 Å². The van der Waals surface area contributed by atoms with Gasteiger partial charge in [0.1, 0.15) is 6.33 Å². The molecule has 1 heterocycles. The van der Waals surface area contributed by atoms with Gasteiger partial charge in [0.25, 0.3) is 0 Å². The lowest BCUT2D eigenvalue weighted by Gasteiger charge is -2.10. The van der Waals surface area contributed by atoms with E-state index in [2.05, 4.69) is 24.0 Å². The number of nitrogens with two attached hydrogens (primary N) is 1. The second kappa shape index (κ2) is 4.14. The molecule has 0 bridgehead atoms. The maximum atomic E-state index is 5.96. The molecule has 0 aliphatic carbocycles. The fraction of sp³-hybridized carbons (Fsp3) is 0.273. The van der Waals surface area contributed by atoms with Gasteiger partial charge in [-0.15, -0.1) is 10.2 Å². The Kier molecular flexibility index (Phi) is 2.83. The van der Waals surface area contributed by atoms with Gasteiger partial charge in [-0.2, -0.15) is 0 Å². The first-order chi connectivity index (χ1) is 7.58. The van der Waals surface area contributed by atoms with Crippen LogP contribution in [0.1, 0.15) is 19.9 Å². The van der Waals surface area contributed by atoms with Gasteiger partial charge >= 0.3 is 0 Å². The Balaban J connectivity index is 2.54. The van der Waals surface area contributed by atoms with Crippen LogP contribution < -0.4 is 5.73 Å². The first-order valence-corrected chi connectivity index (χ1v) is 5.41. The van der Waals surface area contributed by atoms with E-state index in [0.717, 1.165) is 11.4 Å². The summed E-state index contributed by atoms with van der Waals surface area (Å²) in [7, 11) is 0. The van der Waals surface area contributed by atoms with Gasteiger partial charge < -0.3 is 10.3 Å². The molecule has 0 atom stereocenters. The molecule has 2 aromatic rings. The van der Waals surface area contributed by atoms with E-state index in [1.807, 2.05) is 16.7 Å². The van der Waals surface area contributed by atoms with Crippen molar-refractivity contribution in [1.29, 1.82) is 0 Å². The molecule has 1 aromatic heterocycles. The number of nitrogen functional groups attached to an aromatic ring is 1. The van der Waals surface area contributed by atoms with E-state index in [4.69, 9.17) is 17.3 Å². The zero-order chi connectivity index (χ0) is 11.7. The minimum absolute atomic E-state index is 0.296. The van der Waals surface area contributed by atoms with Crippen LogP contribution in [-0.4, -0.2) is 14.8 Å². The van der Waals surface area contributed by atoms with Gasteiger partial charge in [-0.05, 0) is 32.0 Å². The molecule has 0 amide bonds. The lowest BCUT2D eigenvalue weighted by Crippen LogP contribution is -2.02. The zero-order valence-electron chi connectivity index (χ0n) is 9.18. The molecule has 0 spiro atoms. The standard InChI is InChI=1S/C11H13ClN4/c1-7(2)16-6-14-15-11(16)8-3-9(12)5-10(13)4-8/h3-7H,13H2,1-2H3. The molecule has 16 heavy (non-hydrogen) atoms. The van der Waals surface area contributed by atoms with Crippen LogP contribution in [0.2, 0.25) is 5.02 Å². The molecule has 0 saturated heterocycles. The average molecular weight is 237 g/mol. The predicted octanol–water partition coefficient (Wildman–Crippen LogP) is 2.76. The number of anilines is 1. The van der Waals surface area contributed by atoms with Gasteiger partial charge in [0.15, 0.2) is 5.82 Å². The van der Waals surface area contributed by atoms with Crippen molar-refractivity contribution in [3.8, 4) is 11.4 Å². The van der Waals surface area contributed by atoms with E-state index < -0.39 is 0 Å². The Morgan fingerprint density at radius 2 is 2.06 bits per heavy atom. The highest BCUT2D eigenvalue weighted by Gasteiger charge is 2.10. The van der Waals surface area contributed by atoms with Crippen molar-refractivity contribution in [2.75, 3.05) is 5.73 Å². The zero-order valence-corrected chi connectivity index (χ0v) is 9.94. The number of hydrogen-bond acceptors (Lipinski definition) is 3. The topological polar surface area (TPSA) is 56.7 Å². The molecule has 2 rings (SSSR count). The summed E-state index contributed by atoms with van der Waals surface area (Å²) in [6.45, 7) is 4.14. The number of benzene rings is 1. The van der Waals surface area contributed by atoms with Gasteiger partial charge in [-0.3, -0.25) is 0 Å². The maximum absolute atomic E-state index is 5.96. The van der Waals surface area contributed by atoms with E-state index in [1.54, 1.807) is 12.4 Å². The van der Waals surface area contributed by atoms with Gasteiger partial charge in [-0.25, -0.2) is 0 Å². The van der Waals surface area contributed by atoms with E-state index >= 15 is 0 Å². The monoisotopic (exact) mass is 236 g/mol. The summed E-state index contributed by atoms with van der Waals surface area (Å²) in [4.78, 5) is 0. The SMILES string of the molecule is CC(C)n1cnnc1-c1cc(N)cc(Cl)c1. The lowest BCUT2D eigenvalue weighted by atomic mass is 10.2. The normalized spacial score (nSPS) is 11.0. The minimum atomic E-state index is 0.296. The van der Waals surface area contributed by atoms with Crippen LogP contribution in [0.25, 0.3) is 11.4 Å². The summed E-state index contributed by atoms with van der Waals surface area (Å²) < 4.78 is 1.98. The largest absolute Gasteiger partial charge is 0.399 e. The van der Waals surface area contributed by atoms with Crippen molar-refractivity contribution in [2.24, 2.45) is 0 Å². The van der Waals surface area contributed by atoms with Crippen LogP contribution in [-0.2, 0) is 0 Å². The fourth-order valence-corrected chi connectivity index (χ4v) is 1.81. The summed E-state index contributed by atoms with van der Waals surface area (Å²) in [6, 6.07) is 5.68. The Morgan fingerprint density at radius 3 is 2.69 bits per heavy atom. The molecule has 2 N–H and O–H groups in total. The van der Waals surface area contributed by atoms with E-state index in [9.17, 15) is 0 Å². The van der Waals surface area contributed by atoms with E-state index in [-0.39, 0.29) is 0 Å². The van der Waals surface area contributed by atoms with Crippen molar-refractivity contribution in [3.05, 3.63) is 29.5 Å². The smallest absolute Gasteiger partial charge is 0.164 e. The summed E-state index contributed by atoms with van der Waals surface area (Å²) in [5, 5.41) is 8.60. The Morgan fingerprint density at radius 1 is 1.31 bits per heavy atom. The second-order valence-electron chi connectivity index (χ2n) is 3.93. The second-order valence-corrected chi connectivity index (χ2v) is 4.37. The quantitative estimate of drug-likeness (QED) is 0.816. The summed E-state index contributed by atoms with van der Waals surface area (Å²) in [5.74, 6) is 0.782. The molecule has 1 aromatic carbocycles. The van der Waals surface area contributed by atoms with Gasteiger partial charge in [0.2, 0.25) is 0 Å². The number of hydrogen-bond donors (Lipinski definition) is 1. The Hall–Kier alpha value is -1.55.